The van der Waals surface area contributed by atoms with Gasteiger partial charge in [0.1, 0.15) is 5.75 Å². The number of hydrogen-bond acceptors (Lipinski definition) is 4. The van der Waals surface area contributed by atoms with Gasteiger partial charge in [0, 0.05) is 33.7 Å². The Kier molecular flexibility index (Phi) is 4.13. The molecule has 2 heterocycles. The zero-order chi connectivity index (χ0) is 18.6. The SMILES string of the molecule is COc1cc2c3c(c1)c(CCN(C)C)cn3S(=O)(=O)c1ccc(Br)cc1-2. The van der Waals surface area contributed by atoms with Gasteiger partial charge in [-0.25, -0.2) is 12.4 Å². The number of rotatable bonds is 4. The molecule has 7 heteroatoms. The number of fused-ring (bicyclic) bond motifs is 2. The summed E-state index contributed by atoms with van der Waals surface area (Å²) in [6, 6.07) is 9.11. The molecule has 136 valence electrons. The molecule has 0 saturated heterocycles. The van der Waals surface area contributed by atoms with Crippen molar-refractivity contribution in [3.05, 3.63) is 46.6 Å². The largest absolute Gasteiger partial charge is 0.497 e. The molecule has 3 aromatic rings. The fourth-order valence-corrected chi connectivity index (χ4v) is 5.43. The maximum Gasteiger partial charge on any atom is 0.268 e. The summed E-state index contributed by atoms with van der Waals surface area (Å²) in [6.45, 7) is 0.838. The van der Waals surface area contributed by atoms with E-state index in [-0.39, 0.29) is 0 Å². The van der Waals surface area contributed by atoms with Crippen molar-refractivity contribution in [1.29, 1.82) is 0 Å². The molecule has 0 fully saturated rings. The van der Waals surface area contributed by atoms with Crippen LogP contribution in [0, 0.1) is 0 Å². The zero-order valence-corrected chi connectivity index (χ0v) is 17.2. The van der Waals surface area contributed by atoms with E-state index in [0.717, 1.165) is 45.2 Å². The van der Waals surface area contributed by atoms with E-state index >= 15 is 0 Å². The second kappa shape index (κ2) is 6.11. The Hall–Kier alpha value is -1.83. The van der Waals surface area contributed by atoms with E-state index in [2.05, 4.69) is 20.8 Å². The van der Waals surface area contributed by atoms with Crippen LogP contribution >= 0.6 is 15.9 Å². The Bertz CT molecular complexity index is 1130. The van der Waals surface area contributed by atoms with E-state index in [9.17, 15) is 8.42 Å². The first-order valence-corrected chi connectivity index (χ1v) is 10.5. The number of halogens is 1. The Morgan fingerprint density at radius 3 is 2.62 bits per heavy atom. The number of likely N-dealkylation sites (N-methyl/N-ethyl adjacent to an activating group) is 1. The predicted octanol–water partition coefficient (Wildman–Crippen LogP) is 3.73. The second-order valence-corrected chi connectivity index (χ2v) is 9.42. The van der Waals surface area contributed by atoms with Gasteiger partial charge in [-0.1, -0.05) is 15.9 Å². The highest BCUT2D eigenvalue weighted by atomic mass is 79.9. The van der Waals surface area contributed by atoms with Gasteiger partial charge in [-0.05, 0) is 56.4 Å². The highest BCUT2D eigenvalue weighted by molar-refractivity contribution is 9.10. The van der Waals surface area contributed by atoms with Crippen molar-refractivity contribution in [2.45, 2.75) is 11.3 Å². The van der Waals surface area contributed by atoms with Crippen LogP contribution < -0.4 is 4.74 Å². The molecule has 0 atom stereocenters. The number of aromatic nitrogens is 1. The molecule has 0 spiro atoms. The van der Waals surface area contributed by atoms with E-state index in [1.54, 1.807) is 25.4 Å². The van der Waals surface area contributed by atoms with Gasteiger partial charge in [0.2, 0.25) is 0 Å². The second-order valence-electron chi connectivity index (χ2n) is 6.72. The first-order chi connectivity index (χ1) is 12.3. The molecule has 5 nitrogen and oxygen atoms in total. The maximum atomic E-state index is 13.2. The average Bonchev–Trinajstić information content (AvgIpc) is 2.97. The minimum Gasteiger partial charge on any atom is -0.497 e. The standard InChI is InChI=1S/C19H19BrN2O3S/c1-21(2)7-6-12-11-22-19-15(12)9-14(25-3)10-17(19)16-8-13(20)4-5-18(16)26(22,23)24/h4-5,8-11H,6-7H2,1-3H3. The fourth-order valence-electron chi connectivity index (χ4n) is 3.47. The lowest BCUT2D eigenvalue weighted by molar-refractivity contribution is 0.413. The number of ether oxygens (including phenoxy) is 1. The van der Waals surface area contributed by atoms with Crippen molar-refractivity contribution < 1.29 is 13.2 Å². The lowest BCUT2D eigenvalue weighted by Crippen LogP contribution is -2.17. The molecule has 0 unspecified atom stereocenters. The Morgan fingerprint density at radius 1 is 1.15 bits per heavy atom. The number of hydrogen-bond donors (Lipinski definition) is 0. The first kappa shape index (κ1) is 17.6. The average molecular weight is 435 g/mol. The maximum absolute atomic E-state index is 13.2. The van der Waals surface area contributed by atoms with Crippen molar-refractivity contribution >= 4 is 36.9 Å². The third kappa shape index (κ3) is 2.57. The van der Waals surface area contributed by atoms with Crippen LogP contribution in [0.2, 0.25) is 0 Å². The smallest absolute Gasteiger partial charge is 0.268 e. The molecule has 0 aliphatic carbocycles. The molecule has 0 bridgehead atoms. The number of methoxy groups -OCH3 is 1. The summed E-state index contributed by atoms with van der Waals surface area (Å²) in [5, 5.41) is 0.926. The number of nitrogens with zero attached hydrogens (tertiary/aromatic N) is 2. The molecule has 0 saturated carbocycles. The van der Waals surface area contributed by atoms with Gasteiger partial charge in [-0.15, -0.1) is 0 Å². The van der Waals surface area contributed by atoms with E-state index in [1.165, 1.54) is 3.97 Å². The van der Waals surface area contributed by atoms with Crippen LogP contribution in [-0.2, 0) is 16.4 Å². The minimum atomic E-state index is -3.62. The molecular formula is C19H19BrN2O3S. The molecule has 0 amide bonds. The summed E-state index contributed by atoms with van der Waals surface area (Å²) in [4.78, 5) is 2.40. The van der Waals surface area contributed by atoms with E-state index in [0.29, 0.717) is 10.5 Å². The van der Waals surface area contributed by atoms with Gasteiger partial charge < -0.3 is 9.64 Å². The summed E-state index contributed by atoms with van der Waals surface area (Å²) in [6.07, 6.45) is 2.52. The molecule has 1 aliphatic rings. The quantitative estimate of drug-likeness (QED) is 0.490. The van der Waals surface area contributed by atoms with Crippen molar-refractivity contribution in [2.75, 3.05) is 27.7 Å². The van der Waals surface area contributed by atoms with Crippen LogP contribution in [0.15, 0.2) is 45.9 Å². The summed E-state index contributed by atoms with van der Waals surface area (Å²) >= 11 is 3.46. The highest BCUT2D eigenvalue weighted by Crippen LogP contribution is 2.44. The normalized spacial score (nSPS) is 14.7. The molecule has 0 N–H and O–H groups in total. The van der Waals surface area contributed by atoms with Gasteiger partial charge in [0.05, 0.1) is 17.5 Å². The fraction of sp³-hybridized carbons (Fsp3) is 0.263. The zero-order valence-electron chi connectivity index (χ0n) is 14.8. The molecule has 4 rings (SSSR count). The highest BCUT2D eigenvalue weighted by Gasteiger charge is 2.32. The minimum absolute atomic E-state index is 0.317. The van der Waals surface area contributed by atoms with Crippen LogP contribution in [0.1, 0.15) is 5.56 Å². The van der Waals surface area contributed by atoms with Crippen LogP contribution in [0.4, 0.5) is 0 Å². The van der Waals surface area contributed by atoms with Crippen molar-refractivity contribution in [1.82, 2.24) is 8.87 Å². The van der Waals surface area contributed by atoms with Crippen LogP contribution in [0.5, 0.6) is 5.75 Å². The monoisotopic (exact) mass is 434 g/mol. The van der Waals surface area contributed by atoms with E-state index in [4.69, 9.17) is 4.74 Å². The summed E-state index contributed by atoms with van der Waals surface area (Å²) in [7, 11) is 2.03. The molecule has 26 heavy (non-hydrogen) atoms. The molecule has 0 radical (unpaired) electrons. The first-order valence-electron chi connectivity index (χ1n) is 8.25. The summed E-state index contributed by atoms with van der Waals surface area (Å²) < 4.78 is 34.2. The lowest BCUT2D eigenvalue weighted by atomic mass is 10.00. The lowest BCUT2D eigenvalue weighted by Gasteiger charge is -2.20. The van der Waals surface area contributed by atoms with Gasteiger partial charge in [0.15, 0.2) is 0 Å². The van der Waals surface area contributed by atoms with Gasteiger partial charge in [0.25, 0.3) is 10.0 Å². The van der Waals surface area contributed by atoms with E-state index in [1.807, 2.05) is 32.3 Å². The third-order valence-corrected chi connectivity index (χ3v) is 6.97. The van der Waals surface area contributed by atoms with Crippen LogP contribution in [0.3, 0.4) is 0 Å². The van der Waals surface area contributed by atoms with Crippen LogP contribution in [0.25, 0.3) is 22.0 Å². The molecular weight excluding hydrogens is 416 g/mol. The number of benzene rings is 2. The Morgan fingerprint density at radius 2 is 1.92 bits per heavy atom. The molecule has 1 aliphatic heterocycles. The summed E-state index contributed by atoms with van der Waals surface area (Å²) in [5.74, 6) is 0.724. The van der Waals surface area contributed by atoms with Crippen molar-refractivity contribution in [3.8, 4) is 16.9 Å². The topological polar surface area (TPSA) is 51.5 Å². The van der Waals surface area contributed by atoms with Gasteiger partial charge in [-0.2, -0.15) is 0 Å². The molecule has 1 aromatic heterocycles. The van der Waals surface area contributed by atoms with Gasteiger partial charge >= 0.3 is 0 Å². The van der Waals surface area contributed by atoms with Gasteiger partial charge in [-0.3, -0.25) is 0 Å². The van der Waals surface area contributed by atoms with Crippen molar-refractivity contribution in [3.63, 3.8) is 0 Å². The summed E-state index contributed by atoms with van der Waals surface area (Å²) in [5.41, 5.74) is 3.31. The molecule has 2 aromatic carbocycles. The Labute approximate surface area is 161 Å². The van der Waals surface area contributed by atoms with E-state index < -0.39 is 10.0 Å². The van der Waals surface area contributed by atoms with Crippen molar-refractivity contribution in [2.24, 2.45) is 0 Å². The van der Waals surface area contributed by atoms with Crippen LogP contribution in [-0.4, -0.2) is 45.0 Å². The predicted molar refractivity (Wildman–Crippen MR) is 106 cm³/mol. The Balaban J connectivity index is 2.09. The third-order valence-electron chi connectivity index (χ3n) is 4.76.